The maximum atomic E-state index is 4.34. The summed E-state index contributed by atoms with van der Waals surface area (Å²) in [5, 5.41) is 7.43. The fourth-order valence-corrected chi connectivity index (χ4v) is 1.10. The van der Waals surface area contributed by atoms with E-state index in [1.807, 2.05) is 24.7 Å². The molecule has 62 valence electrons. The van der Waals surface area contributed by atoms with Crippen LogP contribution in [0, 0.1) is 6.92 Å². The van der Waals surface area contributed by atoms with Gasteiger partial charge >= 0.3 is 0 Å². The van der Waals surface area contributed by atoms with Gasteiger partial charge < -0.3 is 5.32 Å². The highest BCUT2D eigenvalue weighted by Gasteiger charge is 2.05. The molecular formula is C8H15N3. The Labute approximate surface area is 67.4 Å². The van der Waals surface area contributed by atoms with Crippen molar-refractivity contribution in [2.75, 3.05) is 12.4 Å². The summed E-state index contributed by atoms with van der Waals surface area (Å²) in [7, 11) is 1.91. The van der Waals surface area contributed by atoms with Gasteiger partial charge in [-0.25, -0.2) is 4.68 Å². The number of nitrogens with zero attached hydrogens (tertiary/aromatic N) is 2. The van der Waals surface area contributed by atoms with E-state index in [2.05, 4.69) is 24.3 Å². The van der Waals surface area contributed by atoms with Crippen molar-refractivity contribution in [3.63, 3.8) is 0 Å². The number of hydrogen-bond acceptors (Lipinski definition) is 2. The highest BCUT2D eigenvalue weighted by molar-refractivity contribution is 5.36. The summed E-state index contributed by atoms with van der Waals surface area (Å²) < 4.78 is 1.98. The van der Waals surface area contributed by atoms with E-state index in [9.17, 15) is 0 Å². The lowest BCUT2D eigenvalue weighted by atomic mass is 10.4. The molecule has 0 saturated heterocycles. The fourth-order valence-electron chi connectivity index (χ4n) is 1.10. The molecule has 11 heavy (non-hydrogen) atoms. The van der Waals surface area contributed by atoms with Gasteiger partial charge in [-0.2, -0.15) is 5.10 Å². The van der Waals surface area contributed by atoms with Crippen LogP contribution in [0.15, 0.2) is 6.07 Å². The molecule has 0 atom stereocenters. The lowest BCUT2D eigenvalue weighted by Gasteiger charge is -2.09. The Bertz CT molecular complexity index is 237. The Morgan fingerprint density at radius 1 is 1.55 bits per heavy atom. The number of aryl methyl sites for hydroxylation is 1. The van der Waals surface area contributed by atoms with E-state index < -0.39 is 0 Å². The molecular weight excluding hydrogens is 138 g/mol. The average molecular weight is 153 g/mol. The van der Waals surface area contributed by atoms with Crippen LogP contribution in [0.5, 0.6) is 0 Å². The van der Waals surface area contributed by atoms with Gasteiger partial charge in [-0.3, -0.25) is 0 Å². The molecule has 0 unspecified atom stereocenters. The van der Waals surface area contributed by atoms with E-state index >= 15 is 0 Å². The molecule has 0 aromatic carbocycles. The van der Waals surface area contributed by atoms with Crippen LogP contribution < -0.4 is 5.32 Å². The number of aromatic nitrogens is 2. The smallest absolute Gasteiger partial charge is 0.124 e. The van der Waals surface area contributed by atoms with E-state index in [4.69, 9.17) is 0 Å². The van der Waals surface area contributed by atoms with Crippen LogP contribution in [0.25, 0.3) is 0 Å². The zero-order chi connectivity index (χ0) is 8.43. The molecule has 0 saturated carbocycles. The van der Waals surface area contributed by atoms with Crippen LogP contribution in [0.3, 0.4) is 0 Å². The Hall–Kier alpha value is -0.990. The predicted octanol–water partition coefficient (Wildman–Crippen LogP) is 1.81. The molecule has 0 spiro atoms. The van der Waals surface area contributed by atoms with Gasteiger partial charge in [0.2, 0.25) is 0 Å². The summed E-state index contributed by atoms with van der Waals surface area (Å²) in [6.07, 6.45) is 0. The van der Waals surface area contributed by atoms with Crippen molar-refractivity contribution in [3.8, 4) is 0 Å². The van der Waals surface area contributed by atoms with Crippen molar-refractivity contribution in [2.24, 2.45) is 0 Å². The van der Waals surface area contributed by atoms with Gasteiger partial charge in [0.25, 0.3) is 0 Å². The molecule has 1 rings (SSSR count). The molecule has 1 N–H and O–H groups in total. The molecule has 0 aliphatic carbocycles. The molecule has 0 aliphatic rings. The largest absolute Gasteiger partial charge is 0.373 e. The van der Waals surface area contributed by atoms with E-state index in [-0.39, 0.29) is 0 Å². The summed E-state index contributed by atoms with van der Waals surface area (Å²) in [6, 6.07) is 2.46. The average Bonchev–Trinajstić information content (AvgIpc) is 2.30. The maximum Gasteiger partial charge on any atom is 0.124 e. The minimum Gasteiger partial charge on any atom is -0.373 e. The van der Waals surface area contributed by atoms with Gasteiger partial charge in [-0.1, -0.05) is 0 Å². The molecule has 0 radical (unpaired) electrons. The number of hydrogen-bond donors (Lipinski definition) is 1. The van der Waals surface area contributed by atoms with E-state index in [0.29, 0.717) is 6.04 Å². The third-order valence-corrected chi connectivity index (χ3v) is 1.60. The normalized spacial score (nSPS) is 10.6. The van der Waals surface area contributed by atoms with Crippen molar-refractivity contribution in [3.05, 3.63) is 11.8 Å². The highest BCUT2D eigenvalue weighted by Crippen LogP contribution is 2.14. The SMILES string of the molecule is CNc1cc(C)nn1C(C)C. The van der Waals surface area contributed by atoms with Crippen LogP contribution in [0.4, 0.5) is 5.82 Å². The third-order valence-electron chi connectivity index (χ3n) is 1.60. The van der Waals surface area contributed by atoms with Crippen molar-refractivity contribution >= 4 is 5.82 Å². The lowest BCUT2D eigenvalue weighted by molar-refractivity contribution is 0.535. The predicted molar refractivity (Wildman–Crippen MR) is 46.9 cm³/mol. The first-order chi connectivity index (χ1) is 5.15. The lowest BCUT2D eigenvalue weighted by Crippen LogP contribution is -2.06. The quantitative estimate of drug-likeness (QED) is 0.702. The second-order valence-corrected chi connectivity index (χ2v) is 2.96. The topological polar surface area (TPSA) is 29.9 Å². The molecule has 3 nitrogen and oxygen atoms in total. The zero-order valence-electron chi connectivity index (χ0n) is 7.55. The summed E-state index contributed by atoms with van der Waals surface area (Å²) in [4.78, 5) is 0. The first kappa shape index (κ1) is 8.11. The second-order valence-electron chi connectivity index (χ2n) is 2.96. The summed E-state index contributed by atoms with van der Waals surface area (Å²) >= 11 is 0. The van der Waals surface area contributed by atoms with Gasteiger partial charge in [-0.15, -0.1) is 0 Å². The van der Waals surface area contributed by atoms with Crippen molar-refractivity contribution in [1.82, 2.24) is 9.78 Å². The third kappa shape index (κ3) is 1.53. The Morgan fingerprint density at radius 2 is 2.18 bits per heavy atom. The Balaban J connectivity index is 3.02. The van der Waals surface area contributed by atoms with Crippen molar-refractivity contribution < 1.29 is 0 Å². The van der Waals surface area contributed by atoms with Gasteiger partial charge in [0.15, 0.2) is 0 Å². The first-order valence-corrected chi connectivity index (χ1v) is 3.89. The number of rotatable bonds is 2. The van der Waals surface area contributed by atoms with Gasteiger partial charge in [0.05, 0.1) is 5.69 Å². The molecule has 0 bridgehead atoms. The maximum absolute atomic E-state index is 4.34. The molecule has 1 aromatic heterocycles. The molecule has 3 heteroatoms. The van der Waals surface area contributed by atoms with Crippen LogP contribution in [-0.2, 0) is 0 Å². The van der Waals surface area contributed by atoms with Gasteiger partial charge in [0.1, 0.15) is 5.82 Å². The molecule has 0 fully saturated rings. The van der Waals surface area contributed by atoms with Gasteiger partial charge in [-0.05, 0) is 20.8 Å². The number of nitrogens with one attached hydrogen (secondary N) is 1. The minimum absolute atomic E-state index is 0.422. The molecule has 0 amide bonds. The van der Waals surface area contributed by atoms with E-state index in [1.165, 1.54) is 0 Å². The molecule has 1 aromatic rings. The summed E-state index contributed by atoms with van der Waals surface area (Å²) in [6.45, 7) is 6.24. The van der Waals surface area contributed by atoms with E-state index in [1.54, 1.807) is 0 Å². The first-order valence-electron chi connectivity index (χ1n) is 3.89. The van der Waals surface area contributed by atoms with Crippen LogP contribution >= 0.6 is 0 Å². The van der Waals surface area contributed by atoms with E-state index in [0.717, 1.165) is 11.5 Å². The highest BCUT2D eigenvalue weighted by atomic mass is 15.3. The Morgan fingerprint density at radius 3 is 2.55 bits per heavy atom. The van der Waals surface area contributed by atoms with Crippen LogP contribution in [0.2, 0.25) is 0 Å². The van der Waals surface area contributed by atoms with Crippen molar-refractivity contribution in [1.29, 1.82) is 0 Å². The monoisotopic (exact) mass is 153 g/mol. The van der Waals surface area contributed by atoms with Gasteiger partial charge in [0, 0.05) is 19.2 Å². The second kappa shape index (κ2) is 2.95. The summed E-state index contributed by atoms with van der Waals surface area (Å²) in [5.41, 5.74) is 1.06. The summed E-state index contributed by atoms with van der Waals surface area (Å²) in [5.74, 6) is 1.08. The zero-order valence-corrected chi connectivity index (χ0v) is 7.55. The minimum atomic E-state index is 0.422. The molecule has 0 aliphatic heterocycles. The van der Waals surface area contributed by atoms with Crippen molar-refractivity contribution in [2.45, 2.75) is 26.8 Å². The van der Waals surface area contributed by atoms with Crippen LogP contribution in [0.1, 0.15) is 25.6 Å². The van der Waals surface area contributed by atoms with Crippen LogP contribution in [-0.4, -0.2) is 16.8 Å². The number of anilines is 1. The molecule has 1 heterocycles. The fraction of sp³-hybridized carbons (Fsp3) is 0.625. The Kier molecular flexibility index (Phi) is 2.17. The standard InChI is InChI=1S/C8H15N3/c1-6(2)11-8(9-4)5-7(3)10-11/h5-6,9H,1-4H3.